The van der Waals surface area contributed by atoms with Crippen LogP contribution in [0.5, 0.6) is 0 Å². The predicted molar refractivity (Wildman–Crippen MR) is 123 cm³/mol. The van der Waals surface area contributed by atoms with E-state index in [2.05, 4.69) is 25.9 Å². The molecule has 0 spiro atoms. The number of ether oxygens (including phenoxy) is 1. The molecule has 2 aliphatic rings. The van der Waals surface area contributed by atoms with Crippen LogP contribution in [0.2, 0.25) is 5.15 Å². The molecule has 2 aliphatic carbocycles. The Morgan fingerprint density at radius 3 is 2.58 bits per heavy atom. The van der Waals surface area contributed by atoms with Gasteiger partial charge in [0.15, 0.2) is 5.15 Å². The molecule has 8 heteroatoms. The lowest BCUT2D eigenvalue weighted by atomic mass is 9.91. The lowest BCUT2D eigenvalue weighted by molar-refractivity contribution is 0.191. The van der Waals surface area contributed by atoms with Crippen LogP contribution in [0, 0.1) is 11.7 Å². The molecule has 2 fully saturated rings. The van der Waals surface area contributed by atoms with E-state index >= 15 is 0 Å². The molecule has 3 N–H and O–H groups in total. The predicted octanol–water partition coefficient (Wildman–Crippen LogP) is 4.72. The van der Waals surface area contributed by atoms with Gasteiger partial charge in [-0.05, 0) is 56.6 Å². The Labute approximate surface area is 188 Å². The number of nitrogens with one attached hydrogen (secondary N) is 3. The molecule has 0 bridgehead atoms. The highest BCUT2D eigenvalue weighted by Crippen LogP contribution is 2.33. The van der Waals surface area contributed by atoms with Crippen molar-refractivity contribution in [3.8, 4) is 11.1 Å². The quantitative estimate of drug-likeness (QED) is 0.361. The number of anilines is 2. The average molecular weight is 448 g/mol. The summed E-state index contributed by atoms with van der Waals surface area (Å²) in [4.78, 5) is 8.52. The number of nitrogens with zero attached hydrogens (tertiary/aromatic N) is 2. The van der Waals surface area contributed by atoms with Crippen molar-refractivity contribution >= 4 is 23.1 Å². The van der Waals surface area contributed by atoms with E-state index in [-0.39, 0.29) is 5.82 Å². The molecule has 0 aliphatic heterocycles. The van der Waals surface area contributed by atoms with Crippen molar-refractivity contribution in [1.29, 1.82) is 0 Å². The van der Waals surface area contributed by atoms with Crippen LogP contribution in [0.1, 0.15) is 38.5 Å². The minimum atomic E-state index is -0.367. The number of hydrogen-bond donors (Lipinski definition) is 3. The Kier molecular flexibility index (Phi) is 7.58. The number of hydrogen-bond acceptors (Lipinski definition) is 6. The van der Waals surface area contributed by atoms with Crippen molar-refractivity contribution < 1.29 is 9.13 Å². The molecule has 0 radical (unpaired) electrons. The molecule has 2 aromatic rings. The van der Waals surface area contributed by atoms with Crippen LogP contribution in [-0.2, 0) is 4.74 Å². The lowest BCUT2D eigenvalue weighted by Crippen LogP contribution is -2.38. The van der Waals surface area contributed by atoms with Crippen LogP contribution in [0.25, 0.3) is 11.1 Å². The van der Waals surface area contributed by atoms with Crippen LogP contribution in [0.3, 0.4) is 0 Å². The zero-order chi connectivity index (χ0) is 21.6. The maximum atomic E-state index is 14.6. The first-order valence-corrected chi connectivity index (χ1v) is 11.5. The molecule has 2 aromatic heterocycles. The van der Waals surface area contributed by atoms with Crippen molar-refractivity contribution in [1.82, 2.24) is 15.3 Å². The standard InChI is InChI=1S/C23H31ClFN5O/c1-31-9-8-26-17-4-6-18(7-5-17)30-22-11-19(20(25)14-28-22)16-10-21(23(24)29-13-16)27-12-15-2-3-15/h10-11,13-15,17-18,26-27H,2-9,12H2,1H3,(H,28,30)/t17-,18-. The van der Waals surface area contributed by atoms with Crippen LogP contribution >= 0.6 is 11.6 Å². The highest BCUT2D eigenvalue weighted by molar-refractivity contribution is 6.32. The molecule has 168 valence electrons. The summed E-state index contributed by atoms with van der Waals surface area (Å²) in [5.41, 5.74) is 1.92. The average Bonchev–Trinajstić information content (AvgIpc) is 3.61. The van der Waals surface area contributed by atoms with Crippen LogP contribution in [0.15, 0.2) is 24.5 Å². The maximum absolute atomic E-state index is 14.6. The van der Waals surface area contributed by atoms with E-state index in [0.717, 1.165) is 51.1 Å². The maximum Gasteiger partial charge on any atom is 0.152 e. The number of rotatable bonds is 10. The largest absolute Gasteiger partial charge is 0.383 e. The zero-order valence-corrected chi connectivity index (χ0v) is 18.7. The van der Waals surface area contributed by atoms with Crippen molar-refractivity contribution in [2.45, 2.75) is 50.6 Å². The Balaban J connectivity index is 1.39. The Morgan fingerprint density at radius 1 is 1.06 bits per heavy atom. The molecule has 31 heavy (non-hydrogen) atoms. The Morgan fingerprint density at radius 2 is 1.84 bits per heavy atom. The summed E-state index contributed by atoms with van der Waals surface area (Å²) in [5.74, 6) is 1.03. The summed E-state index contributed by atoms with van der Waals surface area (Å²) >= 11 is 6.24. The molecule has 2 saturated carbocycles. The van der Waals surface area contributed by atoms with Gasteiger partial charge in [-0.15, -0.1) is 0 Å². The molecule has 0 atom stereocenters. The van der Waals surface area contributed by atoms with Gasteiger partial charge in [0.05, 0.1) is 18.5 Å². The van der Waals surface area contributed by atoms with E-state index in [1.165, 1.54) is 19.0 Å². The van der Waals surface area contributed by atoms with Gasteiger partial charge in [-0.1, -0.05) is 11.6 Å². The SMILES string of the molecule is COCCN[C@H]1CC[C@H](Nc2cc(-c3cnc(Cl)c(NCC4CC4)c3)c(F)cn2)CC1. The summed E-state index contributed by atoms with van der Waals surface area (Å²) in [6, 6.07) is 4.52. The minimum absolute atomic E-state index is 0.338. The smallest absolute Gasteiger partial charge is 0.152 e. The first-order chi connectivity index (χ1) is 15.1. The van der Waals surface area contributed by atoms with Gasteiger partial charge in [0.25, 0.3) is 0 Å². The van der Waals surface area contributed by atoms with E-state index in [1.54, 1.807) is 19.4 Å². The Bertz CT molecular complexity index is 871. The molecular formula is C23H31ClFN5O. The first-order valence-electron chi connectivity index (χ1n) is 11.2. The Hall–Kier alpha value is -1.96. The van der Waals surface area contributed by atoms with E-state index in [1.807, 2.05) is 6.07 Å². The van der Waals surface area contributed by atoms with E-state index in [4.69, 9.17) is 16.3 Å². The van der Waals surface area contributed by atoms with E-state index in [0.29, 0.717) is 40.1 Å². The molecule has 4 rings (SSSR count). The number of methoxy groups -OCH3 is 1. The van der Waals surface area contributed by atoms with Crippen molar-refractivity contribution in [3.05, 3.63) is 35.5 Å². The molecule has 6 nitrogen and oxygen atoms in total. The monoisotopic (exact) mass is 447 g/mol. The van der Waals surface area contributed by atoms with Crippen LogP contribution in [0.4, 0.5) is 15.9 Å². The lowest BCUT2D eigenvalue weighted by Gasteiger charge is -2.30. The second-order valence-electron chi connectivity index (χ2n) is 8.58. The van der Waals surface area contributed by atoms with Crippen molar-refractivity contribution in [2.75, 3.05) is 37.4 Å². The minimum Gasteiger partial charge on any atom is -0.383 e. The fourth-order valence-corrected chi connectivity index (χ4v) is 4.22. The van der Waals surface area contributed by atoms with Gasteiger partial charge in [0.2, 0.25) is 0 Å². The second-order valence-corrected chi connectivity index (χ2v) is 8.93. The molecule has 0 unspecified atom stereocenters. The van der Waals surface area contributed by atoms with Crippen molar-refractivity contribution in [3.63, 3.8) is 0 Å². The number of aromatic nitrogens is 2. The zero-order valence-electron chi connectivity index (χ0n) is 18.0. The van der Waals surface area contributed by atoms with Crippen LogP contribution in [-0.4, -0.2) is 48.9 Å². The summed E-state index contributed by atoms with van der Waals surface area (Å²) in [6.45, 7) is 2.49. The van der Waals surface area contributed by atoms with E-state index in [9.17, 15) is 4.39 Å². The summed E-state index contributed by atoms with van der Waals surface area (Å²) in [7, 11) is 1.72. The van der Waals surface area contributed by atoms with Crippen LogP contribution < -0.4 is 16.0 Å². The third-order valence-corrected chi connectivity index (χ3v) is 6.40. The van der Waals surface area contributed by atoms with Gasteiger partial charge in [-0.2, -0.15) is 0 Å². The summed E-state index contributed by atoms with van der Waals surface area (Å²) in [6.07, 6.45) is 9.70. The molecule has 0 aromatic carbocycles. The van der Waals surface area contributed by atoms with Gasteiger partial charge in [-0.3, -0.25) is 0 Å². The third kappa shape index (κ3) is 6.28. The van der Waals surface area contributed by atoms with Gasteiger partial charge in [0, 0.05) is 49.6 Å². The second kappa shape index (κ2) is 10.6. The number of pyridine rings is 2. The fraction of sp³-hybridized carbons (Fsp3) is 0.565. The van der Waals surface area contributed by atoms with E-state index < -0.39 is 0 Å². The highest BCUT2D eigenvalue weighted by atomic mass is 35.5. The van der Waals surface area contributed by atoms with Crippen molar-refractivity contribution in [2.24, 2.45) is 5.92 Å². The van der Waals surface area contributed by atoms with Gasteiger partial charge >= 0.3 is 0 Å². The highest BCUT2D eigenvalue weighted by Gasteiger charge is 2.22. The van der Waals surface area contributed by atoms with Gasteiger partial charge in [0.1, 0.15) is 11.6 Å². The first kappa shape index (κ1) is 22.2. The third-order valence-electron chi connectivity index (χ3n) is 6.10. The molecule has 0 saturated heterocycles. The number of halogens is 2. The molecule has 2 heterocycles. The summed E-state index contributed by atoms with van der Waals surface area (Å²) < 4.78 is 19.7. The normalized spacial score (nSPS) is 21.1. The van der Waals surface area contributed by atoms with Gasteiger partial charge in [-0.25, -0.2) is 14.4 Å². The topological polar surface area (TPSA) is 71.1 Å². The molecular weight excluding hydrogens is 417 g/mol. The summed E-state index contributed by atoms with van der Waals surface area (Å²) in [5, 5.41) is 10.8. The fourth-order valence-electron chi connectivity index (χ4n) is 4.05. The molecule has 0 amide bonds. The van der Waals surface area contributed by atoms with Gasteiger partial charge < -0.3 is 20.7 Å².